The molecular formula is C16H14ClF2NO2. The minimum Gasteiger partial charge on any atom is -0.494 e. The van der Waals surface area contributed by atoms with Crippen molar-refractivity contribution in [1.29, 1.82) is 0 Å². The van der Waals surface area contributed by atoms with Crippen LogP contribution in [0.25, 0.3) is 0 Å². The van der Waals surface area contributed by atoms with Crippen molar-refractivity contribution in [3.8, 4) is 5.75 Å². The molecule has 1 amide bonds. The van der Waals surface area contributed by atoms with Crippen LogP contribution in [0.5, 0.6) is 5.75 Å². The fourth-order valence-corrected chi connectivity index (χ4v) is 2.24. The Morgan fingerprint density at radius 1 is 1.23 bits per heavy atom. The molecule has 1 N–H and O–H groups in total. The molecule has 22 heavy (non-hydrogen) atoms. The van der Waals surface area contributed by atoms with E-state index in [1.165, 1.54) is 25.3 Å². The van der Waals surface area contributed by atoms with Gasteiger partial charge >= 0.3 is 0 Å². The molecule has 3 nitrogen and oxygen atoms in total. The largest absolute Gasteiger partial charge is 0.494 e. The van der Waals surface area contributed by atoms with E-state index in [4.69, 9.17) is 16.3 Å². The summed E-state index contributed by atoms with van der Waals surface area (Å²) in [7, 11) is 1.37. The second-order valence-electron chi connectivity index (χ2n) is 4.71. The van der Waals surface area contributed by atoms with Crippen molar-refractivity contribution in [2.24, 2.45) is 0 Å². The molecule has 0 aliphatic heterocycles. The Kier molecular flexibility index (Phi) is 4.98. The molecule has 1 atom stereocenters. The number of carbonyl (C=O) groups is 1. The van der Waals surface area contributed by atoms with Gasteiger partial charge in [0.05, 0.1) is 23.7 Å². The Balaban J connectivity index is 2.15. The molecule has 0 saturated heterocycles. The number of ether oxygens (including phenoxy) is 1. The number of benzene rings is 2. The summed E-state index contributed by atoms with van der Waals surface area (Å²) < 4.78 is 31.5. The first-order chi connectivity index (χ1) is 10.4. The molecule has 0 heterocycles. The average molecular weight is 326 g/mol. The number of carbonyl (C=O) groups excluding carboxylic acids is 1. The van der Waals surface area contributed by atoms with Crippen molar-refractivity contribution < 1.29 is 18.3 Å². The number of nitrogens with one attached hydrogen (secondary N) is 1. The van der Waals surface area contributed by atoms with Gasteiger partial charge in [0.2, 0.25) is 0 Å². The first-order valence-electron chi connectivity index (χ1n) is 6.51. The van der Waals surface area contributed by atoms with Gasteiger partial charge in [-0.25, -0.2) is 8.78 Å². The van der Waals surface area contributed by atoms with Crippen LogP contribution in [-0.4, -0.2) is 13.0 Å². The van der Waals surface area contributed by atoms with Gasteiger partial charge in [-0.3, -0.25) is 4.79 Å². The Hall–Kier alpha value is -2.14. The molecule has 0 bridgehead atoms. The lowest BCUT2D eigenvalue weighted by Gasteiger charge is -2.16. The van der Waals surface area contributed by atoms with Crippen LogP contribution in [0.1, 0.15) is 28.9 Å². The van der Waals surface area contributed by atoms with Gasteiger partial charge in [-0.2, -0.15) is 0 Å². The Morgan fingerprint density at radius 3 is 2.55 bits per heavy atom. The molecule has 1 unspecified atom stereocenters. The van der Waals surface area contributed by atoms with Gasteiger partial charge in [0.1, 0.15) is 5.82 Å². The van der Waals surface area contributed by atoms with Crippen molar-refractivity contribution in [3.05, 3.63) is 64.2 Å². The van der Waals surface area contributed by atoms with Crippen LogP contribution in [0.3, 0.4) is 0 Å². The predicted molar refractivity (Wildman–Crippen MR) is 80.2 cm³/mol. The summed E-state index contributed by atoms with van der Waals surface area (Å²) in [4.78, 5) is 12.1. The number of methoxy groups -OCH3 is 1. The summed E-state index contributed by atoms with van der Waals surface area (Å²) in [6, 6.07) is 7.49. The zero-order valence-electron chi connectivity index (χ0n) is 12.0. The minimum absolute atomic E-state index is 0.0191. The molecule has 0 aromatic heterocycles. The maximum absolute atomic E-state index is 13.7. The van der Waals surface area contributed by atoms with Crippen molar-refractivity contribution in [2.75, 3.05) is 7.11 Å². The maximum atomic E-state index is 13.7. The Labute approximate surface area is 131 Å². The highest BCUT2D eigenvalue weighted by molar-refractivity contribution is 6.33. The van der Waals surface area contributed by atoms with Crippen LogP contribution in [-0.2, 0) is 0 Å². The molecule has 0 saturated carbocycles. The van der Waals surface area contributed by atoms with E-state index in [2.05, 4.69) is 5.32 Å². The fraction of sp³-hybridized carbons (Fsp3) is 0.188. The molecule has 2 aromatic carbocycles. The monoisotopic (exact) mass is 325 g/mol. The summed E-state index contributed by atoms with van der Waals surface area (Å²) in [5.74, 6) is -1.37. The summed E-state index contributed by atoms with van der Waals surface area (Å²) in [5, 5.41) is 2.70. The van der Waals surface area contributed by atoms with Crippen LogP contribution < -0.4 is 10.1 Å². The van der Waals surface area contributed by atoms with E-state index < -0.39 is 23.6 Å². The summed E-state index contributed by atoms with van der Waals surface area (Å²) in [6.45, 7) is 1.70. The molecule has 0 aliphatic rings. The van der Waals surface area contributed by atoms with Gasteiger partial charge in [0.15, 0.2) is 11.6 Å². The lowest BCUT2D eigenvalue weighted by atomic mass is 10.1. The quantitative estimate of drug-likeness (QED) is 0.918. The highest BCUT2D eigenvalue weighted by Crippen LogP contribution is 2.23. The molecule has 0 aliphatic carbocycles. The number of rotatable bonds is 4. The lowest BCUT2D eigenvalue weighted by Crippen LogP contribution is -2.27. The molecule has 116 valence electrons. The first-order valence-corrected chi connectivity index (χ1v) is 6.89. The third kappa shape index (κ3) is 3.54. The summed E-state index contributed by atoms with van der Waals surface area (Å²) >= 11 is 5.84. The number of amides is 1. The van der Waals surface area contributed by atoms with Gasteiger partial charge in [-0.15, -0.1) is 0 Å². The predicted octanol–water partition coefficient (Wildman–Crippen LogP) is 4.12. The van der Waals surface area contributed by atoms with E-state index in [0.717, 1.165) is 12.1 Å². The number of hydrogen-bond acceptors (Lipinski definition) is 2. The van der Waals surface area contributed by atoms with Crippen molar-refractivity contribution in [3.63, 3.8) is 0 Å². The van der Waals surface area contributed by atoms with Crippen molar-refractivity contribution in [2.45, 2.75) is 13.0 Å². The number of halogens is 3. The minimum atomic E-state index is -0.521. The Bertz CT molecular complexity index is 707. The Morgan fingerprint density at radius 2 is 1.95 bits per heavy atom. The van der Waals surface area contributed by atoms with E-state index in [9.17, 15) is 13.6 Å². The van der Waals surface area contributed by atoms with Crippen LogP contribution in [0.2, 0.25) is 5.02 Å². The van der Waals surface area contributed by atoms with E-state index >= 15 is 0 Å². The summed E-state index contributed by atoms with van der Waals surface area (Å²) in [5.41, 5.74) is 0.730. The highest BCUT2D eigenvalue weighted by atomic mass is 35.5. The van der Waals surface area contributed by atoms with Gasteiger partial charge in [-0.1, -0.05) is 17.7 Å². The molecule has 0 radical (unpaired) electrons. The number of hydrogen-bond donors (Lipinski definition) is 1. The molecular weight excluding hydrogens is 312 g/mol. The van der Waals surface area contributed by atoms with E-state index in [0.29, 0.717) is 5.56 Å². The third-order valence-electron chi connectivity index (χ3n) is 3.20. The van der Waals surface area contributed by atoms with Crippen LogP contribution in [0, 0.1) is 11.6 Å². The van der Waals surface area contributed by atoms with Crippen molar-refractivity contribution in [1.82, 2.24) is 5.32 Å². The normalized spacial score (nSPS) is 11.9. The van der Waals surface area contributed by atoms with E-state index in [-0.39, 0.29) is 16.3 Å². The molecule has 0 fully saturated rings. The van der Waals surface area contributed by atoms with Gasteiger partial charge in [-0.05, 0) is 42.8 Å². The standard InChI is InChI=1S/C16H14ClF2NO2/c1-9(10-3-6-15(22-2)14(19)7-10)20-16(21)12-5-4-11(18)8-13(12)17/h3-9H,1-2H3,(H,20,21). The van der Waals surface area contributed by atoms with Gasteiger partial charge < -0.3 is 10.1 Å². The van der Waals surface area contributed by atoms with Crippen LogP contribution >= 0.6 is 11.6 Å². The zero-order valence-corrected chi connectivity index (χ0v) is 12.7. The van der Waals surface area contributed by atoms with Crippen molar-refractivity contribution >= 4 is 17.5 Å². The second kappa shape index (κ2) is 6.75. The van der Waals surface area contributed by atoms with Gasteiger partial charge in [0.25, 0.3) is 5.91 Å². The summed E-state index contributed by atoms with van der Waals surface area (Å²) in [6.07, 6.45) is 0. The van der Waals surface area contributed by atoms with Crippen LogP contribution in [0.4, 0.5) is 8.78 Å². The SMILES string of the molecule is COc1ccc(C(C)NC(=O)c2ccc(F)cc2Cl)cc1F. The zero-order chi connectivity index (χ0) is 16.3. The topological polar surface area (TPSA) is 38.3 Å². The van der Waals surface area contributed by atoms with E-state index in [1.807, 2.05) is 0 Å². The third-order valence-corrected chi connectivity index (χ3v) is 3.51. The molecule has 2 rings (SSSR count). The van der Waals surface area contributed by atoms with E-state index in [1.54, 1.807) is 13.0 Å². The fourth-order valence-electron chi connectivity index (χ4n) is 1.98. The average Bonchev–Trinajstić information content (AvgIpc) is 2.46. The first kappa shape index (κ1) is 16.2. The molecule has 6 heteroatoms. The van der Waals surface area contributed by atoms with Crippen LogP contribution in [0.15, 0.2) is 36.4 Å². The molecule has 0 spiro atoms. The maximum Gasteiger partial charge on any atom is 0.253 e. The van der Waals surface area contributed by atoms with Gasteiger partial charge in [0, 0.05) is 0 Å². The second-order valence-corrected chi connectivity index (χ2v) is 5.12. The lowest BCUT2D eigenvalue weighted by molar-refractivity contribution is 0.0940. The highest BCUT2D eigenvalue weighted by Gasteiger charge is 2.16. The molecule has 2 aromatic rings. The smallest absolute Gasteiger partial charge is 0.253 e.